The number of unbranched alkanes of at least 4 members (excludes halogenated alkanes) is 1. The van der Waals surface area contributed by atoms with Crippen molar-refractivity contribution in [3.63, 3.8) is 0 Å². The van der Waals surface area contributed by atoms with Crippen molar-refractivity contribution in [2.24, 2.45) is 0 Å². The number of hydrogen-bond acceptors (Lipinski definition) is 6. The molecule has 1 atom stereocenters. The summed E-state index contributed by atoms with van der Waals surface area (Å²) in [5, 5.41) is 4.14. The third-order valence-corrected chi connectivity index (χ3v) is 7.45. The maximum atomic E-state index is 14.2. The van der Waals surface area contributed by atoms with Crippen molar-refractivity contribution in [2.75, 3.05) is 39.4 Å². The molecule has 3 heterocycles. The summed E-state index contributed by atoms with van der Waals surface area (Å²) in [5.41, 5.74) is 1.30. The first-order chi connectivity index (χ1) is 17.9. The fourth-order valence-corrected chi connectivity index (χ4v) is 5.34. The van der Waals surface area contributed by atoms with Crippen molar-refractivity contribution >= 4 is 11.8 Å². The van der Waals surface area contributed by atoms with E-state index >= 15 is 0 Å². The zero-order valence-corrected chi connectivity index (χ0v) is 22.8. The van der Waals surface area contributed by atoms with E-state index in [1.807, 2.05) is 36.9 Å². The van der Waals surface area contributed by atoms with Gasteiger partial charge < -0.3 is 23.8 Å². The quantitative estimate of drug-likeness (QED) is 0.576. The molecule has 0 saturated carbocycles. The van der Waals surface area contributed by atoms with E-state index in [1.165, 1.54) is 5.56 Å². The molecule has 0 N–H and O–H groups in total. The number of aromatic nitrogens is 1. The molecule has 2 amide bonds. The minimum Gasteiger partial charge on any atom is -0.491 e. The van der Waals surface area contributed by atoms with Gasteiger partial charge >= 0.3 is 0 Å². The summed E-state index contributed by atoms with van der Waals surface area (Å²) in [6.45, 7) is 10.4. The molecule has 1 unspecified atom stereocenters. The van der Waals surface area contributed by atoms with E-state index in [0.29, 0.717) is 56.3 Å². The third-order valence-electron chi connectivity index (χ3n) is 7.45. The second kappa shape index (κ2) is 12.1. The van der Waals surface area contributed by atoms with Crippen LogP contribution in [0.3, 0.4) is 0 Å². The van der Waals surface area contributed by atoms with Crippen molar-refractivity contribution in [3.8, 4) is 5.75 Å². The average molecular weight is 512 g/mol. The minimum absolute atomic E-state index is 0.0398. The normalized spacial score (nSPS) is 21.4. The van der Waals surface area contributed by atoms with Crippen molar-refractivity contribution in [2.45, 2.75) is 77.7 Å². The predicted octanol–water partition coefficient (Wildman–Crippen LogP) is 4.75. The number of rotatable bonds is 5. The fraction of sp³-hybridized carbons (Fsp3) is 0.621. The Kier molecular flexibility index (Phi) is 8.90. The molecule has 8 nitrogen and oxygen atoms in total. The molecule has 1 saturated heterocycles. The molecule has 0 aliphatic carbocycles. The molecule has 1 fully saturated rings. The van der Waals surface area contributed by atoms with E-state index in [4.69, 9.17) is 14.0 Å². The van der Waals surface area contributed by atoms with Gasteiger partial charge in [0.25, 0.3) is 11.8 Å². The molecular formula is C29H41N3O5. The van der Waals surface area contributed by atoms with Crippen LogP contribution in [0.2, 0.25) is 0 Å². The maximum Gasteiger partial charge on any atom is 0.259 e. The molecule has 4 rings (SSSR count). The molecule has 2 aliphatic rings. The zero-order chi connectivity index (χ0) is 26.4. The van der Waals surface area contributed by atoms with E-state index in [1.54, 1.807) is 11.8 Å². The van der Waals surface area contributed by atoms with Gasteiger partial charge in [-0.3, -0.25) is 9.59 Å². The number of carbonyl (C=O) groups excluding carboxylic acids is 2. The standard InChI is InChI=1S/C29H41N3O5/c1-5-6-15-31-16-18-35-24-13-8-7-11-23(24)12-9-10-14-29(28(31)34)20-32(17-19-36-29)27(33)25-22(4)37-30-26(25)21(2)3/h7-8,11,13,21H,5-6,9-10,12,14-20H2,1-4H3. The first-order valence-corrected chi connectivity index (χ1v) is 13.8. The lowest BCUT2D eigenvalue weighted by atomic mass is 9.90. The molecule has 2 aromatic rings. The molecule has 8 heteroatoms. The molecule has 1 aromatic carbocycles. The molecule has 2 aliphatic heterocycles. The number of aryl methyl sites for hydroxylation is 2. The van der Waals surface area contributed by atoms with Crippen LogP contribution in [0.15, 0.2) is 28.8 Å². The lowest BCUT2D eigenvalue weighted by Gasteiger charge is -2.44. The van der Waals surface area contributed by atoms with Crippen molar-refractivity contribution in [1.29, 1.82) is 0 Å². The number of ether oxygens (including phenoxy) is 2. The minimum atomic E-state index is -1.07. The number of nitrogens with zero attached hydrogens (tertiary/aromatic N) is 3. The van der Waals surface area contributed by atoms with Crippen LogP contribution in [-0.2, 0) is 16.0 Å². The first kappa shape index (κ1) is 27.2. The highest BCUT2D eigenvalue weighted by Gasteiger charge is 2.47. The summed E-state index contributed by atoms with van der Waals surface area (Å²) in [6.07, 6.45) is 5.05. The summed E-state index contributed by atoms with van der Waals surface area (Å²) in [6, 6.07) is 8.15. The van der Waals surface area contributed by atoms with Gasteiger partial charge in [-0.05, 0) is 56.6 Å². The smallest absolute Gasteiger partial charge is 0.259 e. The van der Waals surface area contributed by atoms with E-state index in [-0.39, 0.29) is 24.3 Å². The Bertz CT molecular complexity index is 1080. The zero-order valence-electron chi connectivity index (χ0n) is 22.8. The van der Waals surface area contributed by atoms with Crippen LogP contribution in [0.1, 0.15) is 86.2 Å². The van der Waals surface area contributed by atoms with Crippen molar-refractivity contribution in [3.05, 3.63) is 46.8 Å². The molecule has 0 bridgehead atoms. The Hall–Kier alpha value is -2.87. The Morgan fingerprint density at radius 1 is 1.16 bits per heavy atom. The number of fused-ring (bicyclic) bond motifs is 1. The van der Waals surface area contributed by atoms with Crippen LogP contribution in [0.25, 0.3) is 0 Å². The van der Waals surface area contributed by atoms with Gasteiger partial charge in [-0.1, -0.05) is 50.5 Å². The van der Waals surface area contributed by atoms with E-state index < -0.39 is 5.60 Å². The Morgan fingerprint density at radius 3 is 2.76 bits per heavy atom. The van der Waals surface area contributed by atoms with Gasteiger partial charge in [-0.15, -0.1) is 0 Å². The predicted molar refractivity (Wildman–Crippen MR) is 141 cm³/mol. The Morgan fingerprint density at radius 2 is 1.97 bits per heavy atom. The van der Waals surface area contributed by atoms with Gasteiger partial charge in [0.2, 0.25) is 0 Å². The van der Waals surface area contributed by atoms with E-state index in [0.717, 1.165) is 37.9 Å². The number of para-hydroxylation sites is 1. The van der Waals surface area contributed by atoms with Gasteiger partial charge in [0, 0.05) is 13.1 Å². The number of amides is 2. The van der Waals surface area contributed by atoms with Gasteiger partial charge in [-0.2, -0.15) is 0 Å². The summed E-state index contributed by atoms with van der Waals surface area (Å²) in [7, 11) is 0. The summed E-state index contributed by atoms with van der Waals surface area (Å²) < 4.78 is 17.9. The maximum absolute atomic E-state index is 14.2. The first-order valence-electron chi connectivity index (χ1n) is 13.8. The van der Waals surface area contributed by atoms with Crippen LogP contribution in [0.5, 0.6) is 5.75 Å². The van der Waals surface area contributed by atoms with Gasteiger partial charge in [0.1, 0.15) is 23.7 Å². The lowest BCUT2D eigenvalue weighted by Crippen LogP contribution is -2.62. The SMILES string of the molecule is CCCCN1CCOc2ccccc2CCCCC2(CN(C(=O)c3c(C(C)C)noc3C)CCO2)C1=O. The van der Waals surface area contributed by atoms with E-state index in [2.05, 4.69) is 18.1 Å². The Balaban J connectivity index is 1.61. The molecule has 1 spiro atoms. The Labute approximate surface area is 220 Å². The monoisotopic (exact) mass is 511 g/mol. The highest BCUT2D eigenvalue weighted by Crippen LogP contribution is 2.31. The van der Waals surface area contributed by atoms with Crippen LogP contribution in [0, 0.1) is 6.92 Å². The second-order valence-corrected chi connectivity index (χ2v) is 10.5. The van der Waals surface area contributed by atoms with Gasteiger partial charge in [0.15, 0.2) is 5.60 Å². The molecule has 0 radical (unpaired) electrons. The summed E-state index contributed by atoms with van der Waals surface area (Å²) >= 11 is 0. The average Bonchev–Trinajstić information content (AvgIpc) is 3.29. The van der Waals surface area contributed by atoms with Crippen LogP contribution >= 0.6 is 0 Å². The van der Waals surface area contributed by atoms with Gasteiger partial charge in [-0.25, -0.2) is 0 Å². The summed E-state index contributed by atoms with van der Waals surface area (Å²) in [5.74, 6) is 1.29. The van der Waals surface area contributed by atoms with Crippen molar-refractivity contribution in [1.82, 2.24) is 15.0 Å². The van der Waals surface area contributed by atoms with Gasteiger partial charge in [0.05, 0.1) is 25.4 Å². The lowest BCUT2D eigenvalue weighted by molar-refractivity contribution is -0.170. The van der Waals surface area contributed by atoms with Crippen LogP contribution in [0.4, 0.5) is 0 Å². The van der Waals surface area contributed by atoms with Crippen molar-refractivity contribution < 1.29 is 23.6 Å². The third kappa shape index (κ3) is 6.00. The topological polar surface area (TPSA) is 85.1 Å². The van der Waals surface area contributed by atoms with E-state index in [9.17, 15) is 9.59 Å². The number of carbonyl (C=O) groups is 2. The molecular weight excluding hydrogens is 470 g/mol. The van der Waals surface area contributed by atoms with Crippen LogP contribution < -0.4 is 4.74 Å². The second-order valence-electron chi connectivity index (χ2n) is 10.5. The number of morpholine rings is 1. The summed E-state index contributed by atoms with van der Waals surface area (Å²) in [4.78, 5) is 31.5. The number of benzene rings is 1. The number of hydrogen-bond donors (Lipinski definition) is 0. The largest absolute Gasteiger partial charge is 0.491 e. The molecule has 37 heavy (non-hydrogen) atoms. The van der Waals surface area contributed by atoms with Crippen LogP contribution in [-0.4, -0.2) is 71.8 Å². The highest BCUT2D eigenvalue weighted by molar-refractivity contribution is 5.97. The molecule has 202 valence electrons. The molecule has 1 aromatic heterocycles. The highest BCUT2D eigenvalue weighted by atomic mass is 16.5. The fourth-order valence-electron chi connectivity index (χ4n) is 5.34.